The van der Waals surface area contributed by atoms with Crippen molar-refractivity contribution in [3.63, 3.8) is 0 Å². The summed E-state index contributed by atoms with van der Waals surface area (Å²) in [5.41, 5.74) is 1.72. The second-order valence-electron chi connectivity index (χ2n) is 9.12. The first-order valence-electron chi connectivity index (χ1n) is 12.7. The number of benzene rings is 1. The van der Waals surface area contributed by atoms with E-state index in [1.54, 1.807) is 12.0 Å². The van der Waals surface area contributed by atoms with E-state index < -0.39 is 0 Å². The molecule has 1 aromatic carbocycles. The minimum atomic E-state index is -0.203. The van der Waals surface area contributed by atoms with Gasteiger partial charge in [0.15, 0.2) is 5.82 Å². The summed E-state index contributed by atoms with van der Waals surface area (Å²) < 4.78 is 11.0. The minimum Gasteiger partial charge on any atom is -0.497 e. The summed E-state index contributed by atoms with van der Waals surface area (Å²) in [6, 6.07) is 11.4. The van der Waals surface area contributed by atoms with Gasteiger partial charge in [0.05, 0.1) is 18.9 Å². The van der Waals surface area contributed by atoms with Crippen LogP contribution in [-0.2, 0) is 9.53 Å². The number of hydrogen-bond donors (Lipinski definition) is 1. The fraction of sp³-hybridized carbons (Fsp3) is 0.538. The van der Waals surface area contributed by atoms with Crippen molar-refractivity contribution in [2.45, 2.75) is 32.3 Å². The second-order valence-corrected chi connectivity index (χ2v) is 9.12. The maximum absolute atomic E-state index is 13.1. The summed E-state index contributed by atoms with van der Waals surface area (Å²) in [5.74, 6) is 1.52. The molecule has 1 aromatic heterocycles. The molecule has 36 heavy (non-hydrogen) atoms. The molecule has 2 aliphatic rings. The van der Waals surface area contributed by atoms with Gasteiger partial charge in [-0.05, 0) is 43.5 Å². The SMILES string of the molecule is CCCNC(=O)N(CC(=O)N1CCN(c2ccc(-c3cccc(OC)c3)nn2)CC1)CC1CCCO1. The van der Waals surface area contributed by atoms with E-state index in [4.69, 9.17) is 9.47 Å². The molecule has 1 N–H and O–H groups in total. The molecule has 4 rings (SSSR count). The molecule has 0 bridgehead atoms. The minimum absolute atomic E-state index is 0.000503. The Hall–Kier alpha value is -3.40. The van der Waals surface area contributed by atoms with Crippen LogP contribution in [0.3, 0.4) is 0 Å². The first kappa shape index (κ1) is 25.7. The average molecular weight is 497 g/mol. The van der Waals surface area contributed by atoms with Crippen LogP contribution in [0.2, 0.25) is 0 Å². The van der Waals surface area contributed by atoms with Crippen LogP contribution in [0.1, 0.15) is 26.2 Å². The summed E-state index contributed by atoms with van der Waals surface area (Å²) >= 11 is 0. The van der Waals surface area contributed by atoms with Crippen LogP contribution in [-0.4, -0.2) is 97.6 Å². The molecule has 0 saturated carbocycles. The number of carbonyl (C=O) groups is 2. The Balaban J connectivity index is 1.31. The third-order valence-electron chi connectivity index (χ3n) is 6.56. The van der Waals surface area contributed by atoms with Crippen LogP contribution in [0, 0.1) is 0 Å². The van der Waals surface area contributed by atoms with Gasteiger partial charge >= 0.3 is 6.03 Å². The van der Waals surface area contributed by atoms with Crippen molar-refractivity contribution >= 4 is 17.8 Å². The molecule has 10 heteroatoms. The van der Waals surface area contributed by atoms with Crippen LogP contribution in [0.15, 0.2) is 36.4 Å². The fourth-order valence-corrected chi connectivity index (χ4v) is 4.48. The number of ether oxygens (including phenoxy) is 2. The lowest BCUT2D eigenvalue weighted by atomic mass is 10.1. The quantitative estimate of drug-likeness (QED) is 0.569. The zero-order chi connectivity index (χ0) is 25.3. The highest BCUT2D eigenvalue weighted by Crippen LogP contribution is 2.23. The van der Waals surface area contributed by atoms with Crippen molar-refractivity contribution in [1.29, 1.82) is 0 Å². The van der Waals surface area contributed by atoms with Crippen LogP contribution in [0.4, 0.5) is 10.6 Å². The topological polar surface area (TPSA) is 100 Å². The average Bonchev–Trinajstić information content (AvgIpc) is 3.44. The monoisotopic (exact) mass is 496 g/mol. The molecule has 3 amide bonds. The van der Waals surface area contributed by atoms with Crippen molar-refractivity contribution in [2.24, 2.45) is 0 Å². The molecular formula is C26H36N6O4. The summed E-state index contributed by atoms with van der Waals surface area (Å²) in [4.78, 5) is 31.3. The first-order valence-corrected chi connectivity index (χ1v) is 12.7. The molecule has 2 aliphatic heterocycles. The van der Waals surface area contributed by atoms with Gasteiger partial charge in [-0.15, -0.1) is 10.2 Å². The highest BCUT2D eigenvalue weighted by Gasteiger charge is 2.28. The number of rotatable bonds is 9. The summed E-state index contributed by atoms with van der Waals surface area (Å²) in [6.45, 7) is 6.27. The second kappa shape index (κ2) is 12.5. The number of piperazine rings is 1. The van der Waals surface area contributed by atoms with Gasteiger partial charge in [-0.2, -0.15) is 0 Å². The third-order valence-corrected chi connectivity index (χ3v) is 6.56. The van der Waals surface area contributed by atoms with E-state index in [0.717, 1.165) is 42.1 Å². The molecule has 1 atom stereocenters. The third kappa shape index (κ3) is 6.63. The lowest BCUT2D eigenvalue weighted by molar-refractivity contribution is -0.132. The summed E-state index contributed by atoms with van der Waals surface area (Å²) in [6.07, 6.45) is 2.76. The Morgan fingerprint density at radius 3 is 2.67 bits per heavy atom. The van der Waals surface area contributed by atoms with Crippen molar-refractivity contribution in [1.82, 2.24) is 25.3 Å². The number of anilines is 1. The zero-order valence-electron chi connectivity index (χ0n) is 21.2. The Kier molecular flexibility index (Phi) is 8.94. The van der Waals surface area contributed by atoms with Gasteiger partial charge in [0, 0.05) is 51.4 Å². The van der Waals surface area contributed by atoms with E-state index in [9.17, 15) is 9.59 Å². The summed E-state index contributed by atoms with van der Waals surface area (Å²) in [5, 5.41) is 11.7. The van der Waals surface area contributed by atoms with Crippen molar-refractivity contribution < 1.29 is 19.1 Å². The van der Waals surface area contributed by atoms with Gasteiger partial charge in [0.1, 0.15) is 12.3 Å². The van der Waals surface area contributed by atoms with Crippen LogP contribution >= 0.6 is 0 Å². The molecule has 3 heterocycles. The van der Waals surface area contributed by atoms with E-state index in [1.807, 2.05) is 48.2 Å². The number of carbonyl (C=O) groups excluding carboxylic acids is 2. The standard InChI is InChI=1S/C26H36N6O4/c1-3-11-27-26(34)32(18-22-8-5-16-36-22)19-25(33)31-14-12-30(13-15-31)24-10-9-23(28-29-24)20-6-4-7-21(17-20)35-2/h4,6-7,9-10,17,22H,3,5,8,11-16,18-19H2,1-2H3,(H,27,34). The lowest BCUT2D eigenvalue weighted by Crippen LogP contribution is -2.54. The van der Waals surface area contributed by atoms with E-state index >= 15 is 0 Å². The van der Waals surface area contributed by atoms with Crippen molar-refractivity contribution in [3.05, 3.63) is 36.4 Å². The highest BCUT2D eigenvalue weighted by molar-refractivity contribution is 5.84. The van der Waals surface area contributed by atoms with Crippen LogP contribution < -0.4 is 15.0 Å². The number of urea groups is 1. The lowest BCUT2D eigenvalue weighted by Gasteiger charge is -2.36. The summed E-state index contributed by atoms with van der Waals surface area (Å²) in [7, 11) is 1.64. The van der Waals surface area contributed by atoms with Crippen molar-refractivity contribution in [2.75, 3.05) is 64.4 Å². The number of aromatic nitrogens is 2. The normalized spacial score (nSPS) is 17.7. The van der Waals surface area contributed by atoms with Crippen LogP contribution in [0.5, 0.6) is 5.75 Å². The van der Waals surface area contributed by atoms with Gasteiger partial charge < -0.3 is 29.5 Å². The predicted molar refractivity (Wildman–Crippen MR) is 137 cm³/mol. The molecule has 1 unspecified atom stereocenters. The van der Waals surface area contributed by atoms with Crippen molar-refractivity contribution in [3.8, 4) is 17.0 Å². The molecule has 2 saturated heterocycles. The number of amides is 3. The molecule has 0 aliphatic carbocycles. The van der Waals surface area contributed by atoms with E-state index in [0.29, 0.717) is 45.9 Å². The number of nitrogens with zero attached hydrogens (tertiary/aromatic N) is 5. The first-order chi connectivity index (χ1) is 17.6. The molecule has 194 valence electrons. The van der Waals surface area contributed by atoms with E-state index in [2.05, 4.69) is 20.4 Å². The largest absolute Gasteiger partial charge is 0.497 e. The van der Waals surface area contributed by atoms with Gasteiger partial charge in [0.2, 0.25) is 5.91 Å². The predicted octanol–water partition coefficient (Wildman–Crippen LogP) is 2.40. The number of hydrogen-bond acceptors (Lipinski definition) is 7. The Labute approximate surface area is 212 Å². The maximum Gasteiger partial charge on any atom is 0.317 e. The Morgan fingerprint density at radius 1 is 1.17 bits per heavy atom. The van der Waals surface area contributed by atoms with E-state index in [1.165, 1.54) is 0 Å². The smallest absolute Gasteiger partial charge is 0.317 e. The van der Waals surface area contributed by atoms with Crippen LogP contribution in [0.25, 0.3) is 11.3 Å². The number of nitrogens with one attached hydrogen (secondary N) is 1. The highest BCUT2D eigenvalue weighted by atomic mass is 16.5. The molecule has 10 nitrogen and oxygen atoms in total. The zero-order valence-corrected chi connectivity index (χ0v) is 21.2. The Morgan fingerprint density at radius 2 is 2.00 bits per heavy atom. The molecule has 0 spiro atoms. The molecular weight excluding hydrogens is 460 g/mol. The Bertz CT molecular complexity index is 1000. The van der Waals surface area contributed by atoms with Gasteiger partial charge in [-0.25, -0.2) is 4.79 Å². The molecule has 2 aromatic rings. The fourth-order valence-electron chi connectivity index (χ4n) is 4.48. The van der Waals surface area contributed by atoms with Gasteiger partial charge in [0.25, 0.3) is 0 Å². The van der Waals surface area contributed by atoms with Gasteiger partial charge in [-0.3, -0.25) is 4.79 Å². The maximum atomic E-state index is 13.1. The molecule has 0 radical (unpaired) electrons. The van der Waals surface area contributed by atoms with E-state index in [-0.39, 0.29) is 24.6 Å². The molecule has 2 fully saturated rings. The number of methoxy groups -OCH3 is 1. The van der Waals surface area contributed by atoms with Gasteiger partial charge in [-0.1, -0.05) is 19.1 Å².